The topological polar surface area (TPSA) is 0 Å². The summed E-state index contributed by atoms with van der Waals surface area (Å²) < 4.78 is 0. The Hall–Kier alpha value is 0. The summed E-state index contributed by atoms with van der Waals surface area (Å²) in [4.78, 5) is 0. The van der Waals surface area contributed by atoms with E-state index in [1.165, 1.54) is 225 Å². The molecule has 0 aromatic heterocycles. The van der Waals surface area contributed by atoms with Crippen LogP contribution in [0, 0.1) is 90.7 Å². The number of hydrogen-bond donors (Lipinski definition) is 0. The fraction of sp³-hybridized carbons (Fsp3) is 1.00. The highest BCUT2D eigenvalue weighted by molar-refractivity contribution is 4.83. The van der Waals surface area contributed by atoms with E-state index in [2.05, 4.69) is 166 Å². The van der Waals surface area contributed by atoms with Gasteiger partial charge in [0.15, 0.2) is 0 Å². The molecule has 8 aliphatic rings. The normalized spacial score (nSPS) is 23.0. The minimum atomic E-state index is 0.560. The Labute approximate surface area is 479 Å². The van der Waals surface area contributed by atoms with Gasteiger partial charge in [0.25, 0.3) is 0 Å². The lowest BCUT2D eigenvalue weighted by Gasteiger charge is -2.37. The molecule has 0 amide bonds. The Bertz CT molecular complexity index is 1200. The minimum Gasteiger partial charge on any atom is -0.0599 e. The fourth-order valence-corrected chi connectivity index (χ4v) is 14.2. The average molecular weight is 1050 g/mol. The van der Waals surface area contributed by atoms with Crippen LogP contribution in [-0.2, 0) is 0 Å². The Kier molecular flexibility index (Phi) is 33.5. The molecule has 8 rings (SSSR count). The van der Waals surface area contributed by atoms with E-state index in [-0.39, 0.29) is 0 Å². The molecule has 0 aromatic rings. The lowest BCUT2D eigenvalue weighted by atomic mass is 9.69. The second-order valence-corrected chi connectivity index (χ2v) is 35.8. The van der Waals surface area contributed by atoms with Crippen LogP contribution >= 0.6 is 0 Å². The van der Waals surface area contributed by atoms with Crippen LogP contribution in [0.25, 0.3) is 0 Å². The molecule has 8 fully saturated rings. The summed E-state index contributed by atoms with van der Waals surface area (Å²) in [6, 6.07) is 0. The van der Waals surface area contributed by atoms with Crippen molar-refractivity contribution in [1.82, 2.24) is 0 Å². The summed E-state index contributed by atoms with van der Waals surface area (Å²) in [5, 5.41) is 0. The number of rotatable bonds is 0. The van der Waals surface area contributed by atoms with Crippen molar-refractivity contribution in [2.24, 2.45) is 90.7 Å². The smallest absolute Gasteiger partial charge is 0.0354 e. The summed E-state index contributed by atoms with van der Waals surface area (Å²) in [7, 11) is 0. The fourth-order valence-electron chi connectivity index (χ4n) is 14.2. The van der Waals surface area contributed by atoms with Crippen LogP contribution in [0.5, 0.6) is 0 Å². The quantitative estimate of drug-likeness (QED) is 0.212. The Morgan fingerprint density at radius 2 is 0.200 bits per heavy atom. The van der Waals surface area contributed by atoms with Crippen molar-refractivity contribution in [2.45, 2.75) is 391 Å². The van der Waals surface area contributed by atoms with E-state index in [9.17, 15) is 0 Å². The third-order valence-corrected chi connectivity index (χ3v) is 21.4. The standard InChI is InChI=1S/C11H22.3C10H20.2C9H18.2C8H16/c1-11(2,3)10-8-6-4-5-7-9-10;3*1-10(2,3)9-7-5-4-6-8-9;2*1-9(2,3)8-6-4-5-7-8;2*1-8(2,3)7-5-4-6-7/h10H,4-9H2,1-3H3;3*9H,4-8H2,1-3H3;2*8H,4-7H2,1-3H3;2*7H,4-6H2,1-3H3. The molecule has 0 heteroatoms. The van der Waals surface area contributed by atoms with Crippen molar-refractivity contribution >= 4 is 0 Å². The molecule has 0 aromatic carbocycles. The monoisotopic (exact) mass is 1050 g/mol. The molecule has 0 saturated heterocycles. The molecule has 0 atom stereocenters. The molecule has 0 radical (unpaired) electrons. The van der Waals surface area contributed by atoms with Crippen LogP contribution in [0.2, 0.25) is 0 Å². The average Bonchev–Trinajstić information content (AvgIpc) is 3.95. The van der Waals surface area contributed by atoms with E-state index < -0.39 is 0 Å². The van der Waals surface area contributed by atoms with Crippen LogP contribution in [-0.4, -0.2) is 0 Å². The molecule has 0 nitrogen and oxygen atoms in total. The van der Waals surface area contributed by atoms with Crippen molar-refractivity contribution in [1.29, 1.82) is 0 Å². The van der Waals surface area contributed by atoms with E-state index in [1.807, 2.05) is 0 Å². The molecule has 0 bridgehead atoms. The molecule has 8 aliphatic carbocycles. The second kappa shape index (κ2) is 34.4. The van der Waals surface area contributed by atoms with Gasteiger partial charge >= 0.3 is 0 Å². The zero-order valence-electron chi connectivity index (χ0n) is 57.4. The maximum Gasteiger partial charge on any atom is -0.0354 e. The SMILES string of the molecule is CC(C)(C)C1CCC1.CC(C)(C)C1CCC1.CC(C)(C)C1CCCC1.CC(C)(C)C1CCCC1.CC(C)(C)C1CCCCC1.CC(C)(C)C1CCCCC1.CC(C)(C)C1CCCCC1.CC(C)(C)C1CCCCCC1. The zero-order chi connectivity index (χ0) is 57.4. The third kappa shape index (κ3) is 33.5. The maximum atomic E-state index is 2.39. The second-order valence-electron chi connectivity index (χ2n) is 35.8. The van der Waals surface area contributed by atoms with Gasteiger partial charge in [-0.15, -0.1) is 0 Å². The summed E-state index contributed by atoms with van der Waals surface area (Å²) in [5.74, 6) is 8.08. The first-order valence-electron chi connectivity index (χ1n) is 34.3. The molecular formula is C75H150. The van der Waals surface area contributed by atoms with Gasteiger partial charge in [-0.25, -0.2) is 0 Å². The van der Waals surface area contributed by atoms with Crippen LogP contribution in [0.4, 0.5) is 0 Å². The molecule has 8 saturated carbocycles. The first-order valence-corrected chi connectivity index (χ1v) is 34.3. The van der Waals surface area contributed by atoms with E-state index in [4.69, 9.17) is 0 Å². The first kappa shape index (κ1) is 73.0. The Morgan fingerprint density at radius 1 is 0.120 bits per heavy atom. The van der Waals surface area contributed by atoms with Crippen LogP contribution < -0.4 is 0 Å². The summed E-state index contributed by atoms with van der Waals surface area (Å²) in [5.41, 5.74) is 4.62. The van der Waals surface area contributed by atoms with Crippen LogP contribution in [0.15, 0.2) is 0 Å². The highest BCUT2D eigenvalue weighted by atomic mass is 14.4. The lowest BCUT2D eigenvalue weighted by molar-refractivity contribution is 0.141. The number of hydrogen-bond acceptors (Lipinski definition) is 0. The van der Waals surface area contributed by atoms with Gasteiger partial charge in [0, 0.05) is 0 Å². The van der Waals surface area contributed by atoms with Gasteiger partial charge in [0.2, 0.25) is 0 Å². The predicted molar refractivity (Wildman–Crippen MR) is 345 cm³/mol. The molecule has 0 unspecified atom stereocenters. The van der Waals surface area contributed by atoms with Gasteiger partial charge in [0.05, 0.1) is 0 Å². The third-order valence-electron chi connectivity index (χ3n) is 21.4. The van der Waals surface area contributed by atoms with Gasteiger partial charge in [-0.05, 0) is 193 Å². The molecule has 75 heavy (non-hydrogen) atoms. The Morgan fingerprint density at radius 3 is 0.280 bits per heavy atom. The van der Waals surface area contributed by atoms with Crippen molar-refractivity contribution in [2.75, 3.05) is 0 Å². The van der Waals surface area contributed by atoms with Gasteiger partial charge in [-0.1, -0.05) is 288 Å². The van der Waals surface area contributed by atoms with Crippen LogP contribution in [0.1, 0.15) is 391 Å². The first-order chi connectivity index (χ1) is 34.3. The van der Waals surface area contributed by atoms with Gasteiger partial charge < -0.3 is 0 Å². The van der Waals surface area contributed by atoms with Crippen molar-refractivity contribution in [3.63, 3.8) is 0 Å². The Balaban J connectivity index is 0.000000429. The molecule has 0 N–H and O–H groups in total. The van der Waals surface area contributed by atoms with Crippen molar-refractivity contribution in [3.8, 4) is 0 Å². The van der Waals surface area contributed by atoms with E-state index in [1.54, 1.807) is 0 Å². The molecule has 0 heterocycles. The predicted octanol–water partition coefficient (Wildman–Crippen LogP) is 27.0. The van der Waals surface area contributed by atoms with Crippen molar-refractivity contribution in [3.05, 3.63) is 0 Å². The molecule has 0 spiro atoms. The highest BCUT2D eigenvalue weighted by Gasteiger charge is 2.32. The van der Waals surface area contributed by atoms with E-state index >= 15 is 0 Å². The summed E-state index contributed by atoms with van der Waals surface area (Å²) in [6.07, 6.45) is 51.6. The maximum absolute atomic E-state index is 2.39. The highest BCUT2D eigenvalue weighted by Crippen LogP contribution is 2.44. The lowest BCUT2D eigenvalue weighted by Crippen LogP contribution is -2.26. The summed E-state index contributed by atoms with van der Waals surface area (Å²) in [6.45, 7) is 56.8. The van der Waals surface area contributed by atoms with Gasteiger partial charge in [-0.3, -0.25) is 0 Å². The zero-order valence-corrected chi connectivity index (χ0v) is 57.4. The molecule has 0 aliphatic heterocycles. The van der Waals surface area contributed by atoms with Crippen LogP contribution in [0.3, 0.4) is 0 Å². The van der Waals surface area contributed by atoms with Gasteiger partial charge in [-0.2, -0.15) is 0 Å². The largest absolute Gasteiger partial charge is 0.0599 e. The molecular weight excluding hydrogens is 901 g/mol. The van der Waals surface area contributed by atoms with Gasteiger partial charge in [0.1, 0.15) is 0 Å². The minimum absolute atomic E-state index is 0.560. The van der Waals surface area contributed by atoms with E-state index in [0.717, 1.165) is 47.3 Å². The molecule has 450 valence electrons. The van der Waals surface area contributed by atoms with E-state index in [0.29, 0.717) is 43.3 Å². The van der Waals surface area contributed by atoms with Crippen molar-refractivity contribution < 1.29 is 0 Å². The summed E-state index contributed by atoms with van der Waals surface area (Å²) >= 11 is 0.